The van der Waals surface area contributed by atoms with Crippen molar-refractivity contribution in [1.82, 2.24) is 4.98 Å². The highest BCUT2D eigenvalue weighted by Gasteiger charge is 2.18. The second-order valence-corrected chi connectivity index (χ2v) is 5.41. The summed E-state index contributed by atoms with van der Waals surface area (Å²) in [6, 6.07) is 1.64. The molecule has 18 heavy (non-hydrogen) atoms. The number of nitrogens with zero attached hydrogens (tertiary/aromatic N) is 2. The fraction of sp³-hybridized carbons (Fsp3) is 0.583. The number of ether oxygens (including phenoxy) is 1. The van der Waals surface area contributed by atoms with Crippen molar-refractivity contribution in [3.8, 4) is 0 Å². The monoisotopic (exact) mass is 289 g/mol. The number of aromatic nitrogens is 1. The largest absolute Gasteiger partial charge is 0.382 e. The number of pyridine rings is 1. The molecule has 1 aromatic rings. The standard InChI is InChI=1S/C12H17Cl2N3O/c1-17(7-8-2-4-18-5-3-8)12-10(14)6-9(13)11(15)16-12/h6,8H,2-5,7H2,1H3,(H2,15,16). The Labute approximate surface area is 117 Å². The zero-order valence-electron chi connectivity index (χ0n) is 10.3. The molecule has 0 atom stereocenters. The second kappa shape index (κ2) is 5.95. The van der Waals surface area contributed by atoms with Crippen LogP contribution < -0.4 is 10.6 Å². The van der Waals surface area contributed by atoms with E-state index in [0.29, 0.717) is 27.6 Å². The minimum absolute atomic E-state index is 0.315. The maximum Gasteiger partial charge on any atom is 0.149 e. The topological polar surface area (TPSA) is 51.4 Å². The van der Waals surface area contributed by atoms with Gasteiger partial charge in [-0.15, -0.1) is 0 Å². The van der Waals surface area contributed by atoms with Crippen molar-refractivity contribution >= 4 is 34.8 Å². The third kappa shape index (κ3) is 3.19. The minimum Gasteiger partial charge on any atom is -0.382 e. The third-order valence-electron chi connectivity index (χ3n) is 3.17. The number of rotatable bonds is 3. The molecule has 0 aliphatic carbocycles. The minimum atomic E-state index is 0.315. The van der Waals surface area contributed by atoms with E-state index in [4.69, 9.17) is 33.7 Å². The highest BCUT2D eigenvalue weighted by molar-refractivity contribution is 6.37. The Bertz CT molecular complexity index is 422. The molecular formula is C12H17Cl2N3O. The summed E-state index contributed by atoms with van der Waals surface area (Å²) < 4.78 is 5.35. The Morgan fingerprint density at radius 1 is 1.39 bits per heavy atom. The molecule has 2 rings (SSSR count). The van der Waals surface area contributed by atoms with Crippen molar-refractivity contribution < 1.29 is 4.74 Å². The van der Waals surface area contributed by atoms with Gasteiger partial charge in [0.15, 0.2) is 0 Å². The lowest BCUT2D eigenvalue weighted by Crippen LogP contribution is -2.30. The first-order chi connectivity index (χ1) is 8.58. The Kier molecular flexibility index (Phi) is 4.54. The first-order valence-electron chi connectivity index (χ1n) is 5.98. The molecule has 0 bridgehead atoms. The summed E-state index contributed by atoms with van der Waals surface area (Å²) >= 11 is 12.0. The zero-order chi connectivity index (χ0) is 13.1. The number of nitrogen functional groups attached to an aromatic ring is 1. The van der Waals surface area contributed by atoms with Crippen molar-refractivity contribution in [2.75, 3.05) is 37.4 Å². The van der Waals surface area contributed by atoms with E-state index in [-0.39, 0.29) is 0 Å². The number of anilines is 2. The lowest BCUT2D eigenvalue weighted by molar-refractivity contribution is 0.0685. The molecule has 0 spiro atoms. The molecule has 0 radical (unpaired) electrons. The van der Waals surface area contributed by atoms with E-state index in [2.05, 4.69) is 4.98 Å². The molecule has 6 heteroatoms. The Morgan fingerprint density at radius 3 is 2.72 bits per heavy atom. The van der Waals surface area contributed by atoms with Crippen LogP contribution in [0.3, 0.4) is 0 Å². The molecule has 0 saturated carbocycles. The van der Waals surface area contributed by atoms with Crippen molar-refractivity contribution in [3.05, 3.63) is 16.1 Å². The van der Waals surface area contributed by atoms with Crippen LogP contribution in [-0.4, -0.2) is 31.8 Å². The first kappa shape index (κ1) is 13.7. The summed E-state index contributed by atoms with van der Waals surface area (Å²) in [4.78, 5) is 6.28. The summed E-state index contributed by atoms with van der Waals surface area (Å²) in [5.74, 6) is 1.61. The predicted molar refractivity (Wildman–Crippen MR) is 75.5 cm³/mol. The molecule has 0 aromatic carbocycles. The van der Waals surface area contributed by atoms with Gasteiger partial charge in [0.05, 0.1) is 10.0 Å². The molecule has 2 heterocycles. The van der Waals surface area contributed by atoms with Crippen molar-refractivity contribution in [3.63, 3.8) is 0 Å². The van der Waals surface area contributed by atoms with Gasteiger partial charge in [-0.3, -0.25) is 0 Å². The fourth-order valence-electron chi connectivity index (χ4n) is 2.14. The Balaban J connectivity index is 2.08. The lowest BCUT2D eigenvalue weighted by Gasteiger charge is -2.28. The van der Waals surface area contributed by atoms with Gasteiger partial charge in [-0.2, -0.15) is 0 Å². The summed E-state index contributed by atoms with van der Waals surface area (Å²) in [7, 11) is 1.97. The molecule has 1 saturated heterocycles. The van der Waals surface area contributed by atoms with Gasteiger partial charge < -0.3 is 15.4 Å². The van der Waals surface area contributed by atoms with Gasteiger partial charge in [-0.1, -0.05) is 23.2 Å². The van der Waals surface area contributed by atoms with Crippen molar-refractivity contribution in [2.45, 2.75) is 12.8 Å². The van der Waals surface area contributed by atoms with Crippen LogP contribution in [0.25, 0.3) is 0 Å². The van der Waals surface area contributed by atoms with Crippen molar-refractivity contribution in [2.24, 2.45) is 5.92 Å². The molecule has 1 aromatic heterocycles. The van der Waals surface area contributed by atoms with E-state index in [1.165, 1.54) is 0 Å². The number of nitrogens with two attached hydrogens (primary N) is 1. The van der Waals surface area contributed by atoms with Crippen LogP contribution in [0, 0.1) is 5.92 Å². The van der Waals surface area contributed by atoms with Gasteiger partial charge in [-0.05, 0) is 24.8 Å². The van der Waals surface area contributed by atoms with E-state index in [1.54, 1.807) is 6.07 Å². The average molecular weight is 290 g/mol. The second-order valence-electron chi connectivity index (χ2n) is 4.60. The number of halogens is 2. The Hall–Kier alpha value is -0.710. The molecule has 1 fully saturated rings. The molecule has 0 unspecified atom stereocenters. The van der Waals surface area contributed by atoms with Gasteiger partial charge in [0.25, 0.3) is 0 Å². The van der Waals surface area contributed by atoms with Crippen LogP contribution in [0.5, 0.6) is 0 Å². The van der Waals surface area contributed by atoms with Crippen LogP contribution in [0.15, 0.2) is 6.07 Å². The van der Waals surface area contributed by atoms with E-state index >= 15 is 0 Å². The van der Waals surface area contributed by atoms with Gasteiger partial charge in [0, 0.05) is 26.8 Å². The molecule has 100 valence electrons. The molecule has 1 aliphatic rings. The van der Waals surface area contributed by atoms with Crippen LogP contribution in [0.2, 0.25) is 10.0 Å². The normalized spacial score (nSPS) is 16.8. The summed E-state index contributed by atoms with van der Waals surface area (Å²) in [5, 5.41) is 0.923. The van der Waals surface area contributed by atoms with Gasteiger partial charge in [0.1, 0.15) is 11.6 Å². The highest BCUT2D eigenvalue weighted by atomic mass is 35.5. The lowest BCUT2D eigenvalue weighted by atomic mass is 10.00. The maximum atomic E-state index is 6.15. The zero-order valence-corrected chi connectivity index (χ0v) is 11.8. The van der Waals surface area contributed by atoms with E-state index in [9.17, 15) is 0 Å². The van der Waals surface area contributed by atoms with Gasteiger partial charge in [0.2, 0.25) is 0 Å². The number of hydrogen-bond acceptors (Lipinski definition) is 4. The van der Waals surface area contributed by atoms with Crippen LogP contribution in [0.4, 0.5) is 11.6 Å². The fourth-order valence-corrected chi connectivity index (χ4v) is 2.64. The molecule has 4 nitrogen and oxygen atoms in total. The summed E-state index contributed by atoms with van der Waals surface area (Å²) in [5.41, 5.74) is 5.71. The van der Waals surface area contributed by atoms with E-state index < -0.39 is 0 Å². The number of hydrogen-bond donors (Lipinski definition) is 1. The highest BCUT2D eigenvalue weighted by Crippen LogP contribution is 2.30. The third-order valence-corrected chi connectivity index (χ3v) is 3.75. The molecule has 1 aliphatic heterocycles. The molecule has 2 N–H and O–H groups in total. The Morgan fingerprint density at radius 2 is 2.06 bits per heavy atom. The van der Waals surface area contributed by atoms with Crippen LogP contribution >= 0.6 is 23.2 Å². The SMILES string of the molecule is CN(CC1CCOCC1)c1nc(N)c(Cl)cc1Cl. The maximum absolute atomic E-state index is 6.15. The smallest absolute Gasteiger partial charge is 0.149 e. The van der Waals surface area contributed by atoms with Crippen LogP contribution in [0.1, 0.15) is 12.8 Å². The van der Waals surface area contributed by atoms with E-state index in [1.807, 2.05) is 11.9 Å². The average Bonchev–Trinajstić information content (AvgIpc) is 2.35. The molecular weight excluding hydrogens is 273 g/mol. The quantitative estimate of drug-likeness (QED) is 0.930. The van der Waals surface area contributed by atoms with Crippen LogP contribution in [-0.2, 0) is 4.74 Å². The summed E-state index contributed by atoms with van der Waals surface area (Å²) in [6.07, 6.45) is 2.15. The van der Waals surface area contributed by atoms with Crippen molar-refractivity contribution in [1.29, 1.82) is 0 Å². The first-order valence-corrected chi connectivity index (χ1v) is 6.74. The van der Waals surface area contributed by atoms with Gasteiger partial charge >= 0.3 is 0 Å². The predicted octanol–water partition coefficient (Wildman–Crippen LogP) is 2.83. The van der Waals surface area contributed by atoms with Gasteiger partial charge in [-0.25, -0.2) is 4.98 Å². The molecule has 0 amide bonds. The summed E-state index contributed by atoms with van der Waals surface area (Å²) in [6.45, 7) is 2.57. The van der Waals surface area contributed by atoms with E-state index in [0.717, 1.165) is 32.6 Å².